The fourth-order valence-corrected chi connectivity index (χ4v) is 1.14. The number of nitrogens with zero attached hydrogens (tertiary/aromatic N) is 1. The number of ether oxygens (including phenoxy) is 1. The van der Waals surface area contributed by atoms with Gasteiger partial charge in [0.05, 0.1) is 6.10 Å². The van der Waals surface area contributed by atoms with Gasteiger partial charge in [-0.25, -0.2) is 0 Å². The monoisotopic (exact) mass is 143 g/mol. The third-order valence-electron chi connectivity index (χ3n) is 1.82. The second kappa shape index (κ2) is 2.88. The molecule has 4 heteroatoms. The average molecular weight is 143 g/mol. The molecule has 1 saturated heterocycles. The van der Waals surface area contributed by atoms with Crippen LogP contribution in [-0.2, 0) is 4.74 Å². The average Bonchev–Trinajstić information content (AvgIpc) is 2.34. The molecule has 1 fully saturated rings. The molecule has 1 atom stereocenters. The van der Waals surface area contributed by atoms with Crippen LogP contribution in [-0.4, -0.2) is 37.2 Å². The van der Waals surface area contributed by atoms with Gasteiger partial charge in [-0.05, 0) is 6.42 Å². The molecule has 10 heavy (non-hydrogen) atoms. The first-order valence-corrected chi connectivity index (χ1v) is 3.36. The molecule has 0 amide bonds. The van der Waals surface area contributed by atoms with E-state index in [2.05, 4.69) is 0 Å². The standard InChI is InChI=1S/C6H13N3O/c1-10-5-2-3-9(4-5)6(7)8/h5H,2-4H2,1H3,(H3,7,8)/t5-/m0/s1. The van der Waals surface area contributed by atoms with Gasteiger partial charge in [0.1, 0.15) is 0 Å². The number of nitrogens with two attached hydrogens (primary N) is 1. The number of hydrogen-bond donors (Lipinski definition) is 2. The van der Waals surface area contributed by atoms with Gasteiger partial charge in [0.25, 0.3) is 0 Å². The highest BCUT2D eigenvalue weighted by Crippen LogP contribution is 2.09. The Balaban J connectivity index is 2.35. The lowest BCUT2D eigenvalue weighted by atomic mass is 10.3. The Morgan fingerprint density at radius 2 is 2.50 bits per heavy atom. The zero-order chi connectivity index (χ0) is 7.56. The lowest BCUT2D eigenvalue weighted by Gasteiger charge is -2.14. The fourth-order valence-electron chi connectivity index (χ4n) is 1.14. The molecule has 0 saturated carbocycles. The molecular weight excluding hydrogens is 130 g/mol. The van der Waals surface area contributed by atoms with Gasteiger partial charge in [0.15, 0.2) is 5.96 Å². The summed E-state index contributed by atoms with van der Waals surface area (Å²) in [7, 11) is 1.69. The molecule has 0 bridgehead atoms. The largest absolute Gasteiger partial charge is 0.380 e. The summed E-state index contributed by atoms with van der Waals surface area (Å²) >= 11 is 0. The van der Waals surface area contributed by atoms with E-state index >= 15 is 0 Å². The maximum atomic E-state index is 7.10. The van der Waals surface area contributed by atoms with E-state index in [-0.39, 0.29) is 12.1 Å². The molecule has 3 N–H and O–H groups in total. The number of hydrogen-bond acceptors (Lipinski definition) is 2. The maximum absolute atomic E-state index is 7.10. The van der Waals surface area contributed by atoms with Crippen molar-refractivity contribution in [2.24, 2.45) is 5.73 Å². The summed E-state index contributed by atoms with van der Waals surface area (Å²) < 4.78 is 5.10. The van der Waals surface area contributed by atoms with E-state index in [4.69, 9.17) is 15.9 Å². The number of rotatable bonds is 1. The molecule has 0 aromatic heterocycles. The highest BCUT2D eigenvalue weighted by Gasteiger charge is 2.22. The molecule has 1 heterocycles. The van der Waals surface area contributed by atoms with Crippen molar-refractivity contribution in [3.05, 3.63) is 0 Å². The van der Waals surface area contributed by atoms with Gasteiger partial charge < -0.3 is 15.4 Å². The minimum Gasteiger partial charge on any atom is -0.380 e. The Morgan fingerprint density at radius 3 is 2.80 bits per heavy atom. The van der Waals surface area contributed by atoms with Crippen LogP contribution in [0.3, 0.4) is 0 Å². The van der Waals surface area contributed by atoms with Crippen molar-refractivity contribution in [3.8, 4) is 0 Å². The van der Waals surface area contributed by atoms with Gasteiger partial charge >= 0.3 is 0 Å². The predicted molar refractivity (Wildman–Crippen MR) is 38.9 cm³/mol. The molecule has 0 spiro atoms. The maximum Gasteiger partial charge on any atom is 0.188 e. The summed E-state index contributed by atoms with van der Waals surface area (Å²) in [6, 6.07) is 0. The number of nitrogens with one attached hydrogen (secondary N) is 1. The predicted octanol–water partition coefficient (Wildman–Crippen LogP) is -0.399. The smallest absolute Gasteiger partial charge is 0.188 e. The minimum atomic E-state index is 0.152. The molecule has 58 valence electrons. The van der Waals surface area contributed by atoms with E-state index in [1.165, 1.54) is 0 Å². The second-order valence-corrected chi connectivity index (χ2v) is 2.48. The molecule has 1 aliphatic rings. The Kier molecular flexibility index (Phi) is 2.11. The molecule has 0 aromatic carbocycles. The molecular formula is C6H13N3O. The first-order valence-electron chi connectivity index (χ1n) is 3.36. The Bertz CT molecular complexity index is 137. The van der Waals surface area contributed by atoms with Crippen molar-refractivity contribution in [3.63, 3.8) is 0 Å². The van der Waals surface area contributed by atoms with Crippen LogP contribution < -0.4 is 5.73 Å². The Labute approximate surface area is 60.5 Å². The SMILES string of the molecule is CO[C@H]1CCN(C(=N)N)C1. The Hall–Kier alpha value is -0.770. The van der Waals surface area contributed by atoms with Crippen molar-refractivity contribution in [2.75, 3.05) is 20.2 Å². The van der Waals surface area contributed by atoms with E-state index < -0.39 is 0 Å². The summed E-state index contributed by atoms with van der Waals surface area (Å²) in [5.41, 5.74) is 5.27. The topological polar surface area (TPSA) is 62.3 Å². The van der Waals surface area contributed by atoms with E-state index in [1.807, 2.05) is 4.90 Å². The lowest BCUT2D eigenvalue weighted by molar-refractivity contribution is 0.114. The van der Waals surface area contributed by atoms with Crippen LogP contribution in [0.15, 0.2) is 0 Å². The van der Waals surface area contributed by atoms with Gasteiger partial charge in [0.2, 0.25) is 0 Å². The number of likely N-dealkylation sites (tertiary alicyclic amines) is 1. The third-order valence-corrected chi connectivity index (χ3v) is 1.82. The quantitative estimate of drug-likeness (QED) is 0.388. The van der Waals surface area contributed by atoms with Crippen LogP contribution in [0.25, 0.3) is 0 Å². The molecule has 0 radical (unpaired) electrons. The minimum absolute atomic E-state index is 0.152. The number of guanidine groups is 1. The van der Waals surface area contributed by atoms with Gasteiger partial charge in [-0.15, -0.1) is 0 Å². The summed E-state index contributed by atoms with van der Waals surface area (Å²) in [5.74, 6) is 0.152. The van der Waals surface area contributed by atoms with Crippen LogP contribution in [0, 0.1) is 5.41 Å². The second-order valence-electron chi connectivity index (χ2n) is 2.48. The van der Waals surface area contributed by atoms with E-state index in [1.54, 1.807) is 7.11 Å². The highest BCUT2D eigenvalue weighted by molar-refractivity contribution is 5.74. The molecule has 0 aliphatic carbocycles. The van der Waals surface area contributed by atoms with Crippen molar-refractivity contribution >= 4 is 5.96 Å². The van der Waals surface area contributed by atoms with Crippen molar-refractivity contribution in [1.82, 2.24) is 4.90 Å². The molecule has 4 nitrogen and oxygen atoms in total. The van der Waals surface area contributed by atoms with E-state index in [0.29, 0.717) is 0 Å². The molecule has 1 aliphatic heterocycles. The first-order chi connectivity index (χ1) is 4.74. The zero-order valence-corrected chi connectivity index (χ0v) is 6.13. The van der Waals surface area contributed by atoms with Gasteiger partial charge in [-0.3, -0.25) is 5.41 Å². The van der Waals surface area contributed by atoms with Crippen molar-refractivity contribution < 1.29 is 4.74 Å². The Morgan fingerprint density at radius 1 is 1.80 bits per heavy atom. The van der Waals surface area contributed by atoms with E-state index in [0.717, 1.165) is 19.5 Å². The van der Waals surface area contributed by atoms with Crippen LogP contribution >= 0.6 is 0 Å². The molecule has 1 rings (SSSR count). The highest BCUT2D eigenvalue weighted by atomic mass is 16.5. The lowest BCUT2D eigenvalue weighted by Crippen LogP contribution is -2.35. The van der Waals surface area contributed by atoms with Crippen LogP contribution in [0.4, 0.5) is 0 Å². The van der Waals surface area contributed by atoms with Crippen molar-refractivity contribution in [1.29, 1.82) is 5.41 Å². The van der Waals surface area contributed by atoms with Gasteiger partial charge in [0, 0.05) is 20.2 Å². The number of methoxy groups -OCH3 is 1. The van der Waals surface area contributed by atoms with Crippen LogP contribution in [0.2, 0.25) is 0 Å². The molecule has 0 unspecified atom stereocenters. The zero-order valence-electron chi connectivity index (χ0n) is 6.13. The molecule has 0 aromatic rings. The van der Waals surface area contributed by atoms with Crippen molar-refractivity contribution in [2.45, 2.75) is 12.5 Å². The third kappa shape index (κ3) is 1.39. The summed E-state index contributed by atoms with van der Waals surface area (Å²) in [5, 5.41) is 7.10. The van der Waals surface area contributed by atoms with Crippen LogP contribution in [0.1, 0.15) is 6.42 Å². The summed E-state index contributed by atoms with van der Waals surface area (Å²) in [4.78, 5) is 1.81. The summed E-state index contributed by atoms with van der Waals surface area (Å²) in [6.07, 6.45) is 1.25. The van der Waals surface area contributed by atoms with Gasteiger partial charge in [-0.2, -0.15) is 0 Å². The fraction of sp³-hybridized carbons (Fsp3) is 0.833. The van der Waals surface area contributed by atoms with Crippen LogP contribution in [0.5, 0.6) is 0 Å². The summed E-state index contributed by atoms with van der Waals surface area (Å²) in [6.45, 7) is 1.62. The first kappa shape index (κ1) is 7.34. The van der Waals surface area contributed by atoms with Gasteiger partial charge in [-0.1, -0.05) is 0 Å². The van der Waals surface area contributed by atoms with E-state index in [9.17, 15) is 0 Å². The normalized spacial score (nSPS) is 25.3.